The second kappa shape index (κ2) is 3.86. The Morgan fingerprint density at radius 1 is 1.50 bits per heavy atom. The summed E-state index contributed by atoms with van der Waals surface area (Å²) >= 11 is 0. The molecule has 1 saturated heterocycles. The van der Waals surface area contributed by atoms with Crippen molar-refractivity contribution in [2.75, 3.05) is 19.3 Å². The van der Waals surface area contributed by atoms with E-state index in [-0.39, 0.29) is 5.92 Å². The Labute approximate surface area is 83.4 Å². The summed E-state index contributed by atoms with van der Waals surface area (Å²) in [6, 6.07) is 0. The summed E-state index contributed by atoms with van der Waals surface area (Å²) in [5, 5.41) is 11.2. The van der Waals surface area contributed by atoms with Gasteiger partial charge in [-0.25, -0.2) is 8.42 Å². The molecule has 2 N–H and O–H groups in total. The number of nitrogens with one attached hydrogen (secondary N) is 1. The molecule has 6 heteroatoms. The molecule has 82 valence electrons. The lowest BCUT2D eigenvalue weighted by Gasteiger charge is -2.20. The Kier molecular flexibility index (Phi) is 3.16. The van der Waals surface area contributed by atoms with Crippen molar-refractivity contribution in [3.63, 3.8) is 0 Å². The quantitative estimate of drug-likeness (QED) is 0.661. The first-order chi connectivity index (χ1) is 6.34. The van der Waals surface area contributed by atoms with E-state index in [1.807, 2.05) is 0 Å². The number of aliphatic carboxylic acids is 1. The van der Waals surface area contributed by atoms with Crippen LogP contribution in [0.4, 0.5) is 0 Å². The van der Waals surface area contributed by atoms with Gasteiger partial charge in [0.05, 0.1) is 11.2 Å². The van der Waals surface area contributed by atoms with E-state index in [2.05, 4.69) is 5.32 Å². The molecule has 0 radical (unpaired) electrons. The van der Waals surface area contributed by atoms with E-state index in [1.54, 1.807) is 6.92 Å². The molecule has 0 bridgehead atoms. The average molecular weight is 221 g/mol. The molecule has 1 fully saturated rings. The van der Waals surface area contributed by atoms with Crippen molar-refractivity contribution in [1.29, 1.82) is 0 Å². The fourth-order valence-electron chi connectivity index (χ4n) is 1.78. The van der Waals surface area contributed by atoms with Gasteiger partial charge in [0.1, 0.15) is 9.84 Å². The molecular weight excluding hydrogens is 206 g/mol. The van der Waals surface area contributed by atoms with Crippen molar-refractivity contribution >= 4 is 15.8 Å². The Morgan fingerprint density at radius 2 is 2.07 bits per heavy atom. The minimum absolute atomic E-state index is 0.317. The van der Waals surface area contributed by atoms with Gasteiger partial charge in [-0.15, -0.1) is 0 Å². The van der Waals surface area contributed by atoms with Crippen LogP contribution in [-0.4, -0.2) is 44.1 Å². The zero-order valence-electron chi connectivity index (χ0n) is 8.23. The normalized spacial score (nSPS) is 30.1. The highest BCUT2D eigenvalue weighted by atomic mass is 32.2. The van der Waals surface area contributed by atoms with Gasteiger partial charge in [0.25, 0.3) is 0 Å². The first-order valence-electron chi connectivity index (χ1n) is 4.46. The van der Waals surface area contributed by atoms with Gasteiger partial charge in [0.2, 0.25) is 0 Å². The molecule has 0 amide bonds. The van der Waals surface area contributed by atoms with Crippen LogP contribution in [0.15, 0.2) is 0 Å². The summed E-state index contributed by atoms with van der Waals surface area (Å²) in [5.74, 6) is -1.82. The highest BCUT2D eigenvalue weighted by Gasteiger charge is 2.39. The lowest BCUT2D eigenvalue weighted by atomic mass is 9.93. The second-order valence-corrected chi connectivity index (χ2v) is 6.20. The SMILES string of the molecule is CC(C1CNCC1C(=O)O)S(C)(=O)=O. The fraction of sp³-hybridized carbons (Fsp3) is 0.875. The maximum absolute atomic E-state index is 11.3. The van der Waals surface area contributed by atoms with Crippen LogP contribution in [0.3, 0.4) is 0 Å². The highest BCUT2D eigenvalue weighted by molar-refractivity contribution is 7.91. The van der Waals surface area contributed by atoms with Gasteiger partial charge in [-0.2, -0.15) is 0 Å². The fourth-order valence-corrected chi connectivity index (χ4v) is 2.70. The summed E-state index contributed by atoms with van der Waals surface area (Å²) in [5.41, 5.74) is 0. The summed E-state index contributed by atoms with van der Waals surface area (Å²) < 4.78 is 22.5. The number of hydrogen-bond acceptors (Lipinski definition) is 4. The molecule has 1 rings (SSSR count). The molecule has 14 heavy (non-hydrogen) atoms. The molecular formula is C8H15NO4S. The van der Waals surface area contributed by atoms with E-state index in [9.17, 15) is 13.2 Å². The standard InChI is InChI=1S/C8H15NO4S/c1-5(14(2,12)13)6-3-9-4-7(6)8(10)11/h5-7,9H,3-4H2,1-2H3,(H,10,11). The first-order valence-corrected chi connectivity index (χ1v) is 6.42. The molecule has 0 aliphatic carbocycles. The maximum atomic E-state index is 11.3. The highest BCUT2D eigenvalue weighted by Crippen LogP contribution is 2.24. The van der Waals surface area contributed by atoms with Crippen LogP contribution in [-0.2, 0) is 14.6 Å². The monoisotopic (exact) mass is 221 g/mol. The smallest absolute Gasteiger partial charge is 0.308 e. The van der Waals surface area contributed by atoms with Gasteiger partial charge in [-0.1, -0.05) is 0 Å². The van der Waals surface area contributed by atoms with Crippen molar-refractivity contribution in [3.8, 4) is 0 Å². The van der Waals surface area contributed by atoms with Crippen molar-refractivity contribution in [2.24, 2.45) is 11.8 Å². The third kappa shape index (κ3) is 2.24. The number of carboxylic acid groups (broad SMARTS) is 1. The summed E-state index contributed by atoms with van der Waals surface area (Å²) in [6.45, 7) is 2.40. The van der Waals surface area contributed by atoms with Crippen molar-refractivity contribution in [3.05, 3.63) is 0 Å². The third-order valence-electron chi connectivity index (χ3n) is 2.86. The topological polar surface area (TPSA) is 83.5 Å². The lowest BCUT2D eigenvalue weighted by Crippen LogP contribution is -2.34. The summed E-state index contributed by atoms with van der Waals surface area (Å²) in [7, 11) is -3.16. The van der Waals surface area contributed by atoms with Gasteiger partial charge in [-0.3, -0.25) is 4.79 Å². The molecule has 3 atom stereocenters. The van der Waals surface area contributed by atoms with Gasteiger partial charge in [0, 0.05) is 25.3 Å². The molecule has 0 aromatic rings. The molecule has 1 heterocycles. The van der Waals surface area contributed by atoms with Crippen molar-refractivity contribution in [2.45, 2.75) is 12.2 Å². The molecule has 1 aliphatic rings. The van der Waals surface area contributed by atoms with E-state index >= 15 is 0 Å². The molecule has 0 saturated carbocycles. The van der Waals surface area contributed by atoms with Crippen LogP contribution in [0.5, 0.6) is 0 Å². The van der Waals surface area contributed by atoms with Crippen LogP contribution < -0.4 is 5.32 Å². The predicted molar refractivity (Wildman–Crippen MR) is 51.8 cm³/mol. The van der Waals surface area contributed by atoms with Crippen LogP contribution in [0.25, 0.3) is 0 Å². The molecule has 3 unspecified atom stereocenters. The van der Waals surface area contributed by atoms with Crippen molar-refractivity contribution < 1.29 is 18.3 Å². The summed E-state index contributed by atoms with van der Waals surface area (Å²) in [6.07, 6.45) is 1.15. The van der Waals surface area contributed by atoms with Crippen LogP contribution in [0.2, 0.25) is 0 Å². The van der Waals surface area contributed by atoms with Crippen LogP contribution >= 0.6 is 0 Å². The number of rotatable bonds is 3. The molecule has 0 aromatic carbocycles. The minimum atomic E-state index is -3.16. The van der Waals surface area contributed by atoms with E-state index in [1.165, 1.54) is 0 Å². The molecule has 0 aromatic heterocycles. The number of carboxylic acids is 1. The van der Waals surface area contributed by atoms with E-state index in [0.717, 1.165) is 6.26 Å². The molecule has 1 aliphatic heterocycles. The third-order valence-corrected chi connectivity index (χ3v) is 4.56. The zero-order chi connectivity index (χ0) is 10.9. The second-order valence-electron chi connectivity index (χ2n) is 3.80. The van der Waals surface area contributed by atoms with Crippen LogP contribution in [0.1, 0.15) is 6.92 Å². The predicted octanol–water partition coefficient (Wildman–Crippen LogP) is -0.660. The van der Waals surface area contributed by atoms with E-state index in [0.29, 0.717) is 13.1 Å². The number of sulfone groups is 1. The van der Waals surface area contributed by atoms with Gasteiger partial charge in [0.15, 0.2) is 0 Å². The number of hydrogen-bond donors (Lipinski definition) is 2. The summed E-state index contributed by atoms with van der Waals surface area (Å²) in [4.78, 5) is 10.8. The van der Waals surface area contributed by atoms with E-state index in [4.69, 9.17) is 5.11 Å². The van der Waals surface area contributed by atoms with Gasteiger partial charge in [-0.05, 0) is 6.92 Å². The van der Waals surface area contributed by atoms with Gasteiger partial charge < -0.3 is 10.4 Å². The largest absolute Gasteiger partial charge is 0.481 e. The van der Waals surface area contributed by atoms with Gasteiger partial charge >= 0.3 is 5.97 Å². The molecule has 5 nitrogen and oxygen atoms in total. The first kappa shape index (κ1) is 11.5. The van der Waals surface area contributed by atoms with E-state index < -0.39 is 27.0 Å². The van der Waals surface area contributed by atoms with Crippen molar-refractivity contribution in [1.82, 2.24) is 5.32 Å². The molecule has 0 spiro atoms. The zero-order valence-corrected chi connectivity index (χ0v) is 9.04. The minimum Gasteiger partial charge on any atom is -0.481 e. The lowest BCUT2D eigenvalue weighted by molar-refractivity contribution is -0.142. The average Bonchev–Trinajstić information content (AvgIpc) is 2.48. The Morgan fingerprint density at radius 3 is 2.50 bits per heavy atom. The maximum Gasteiger partial charge on any atom is 0.308 e. The Balaban J connectivity index is 2.82. The Hall–Kier alpha value is -0.620. The number of carbonyl (C=O) groups is 1. The Bertz CT molecular complexity index is 324. The van der Waals surface area contributed by atoms with Crippen LogP contribution in [0, 0.1) is 11.8 Å².